The average molecular weight is 679 g/mol. The van der Waals surface area contributed by atoms with E-state index in [2.05, 4.69) is 25.2 Å². The zero-order valence-electron chi connectivity index (χ0n) is 26.7. The van der Waals surface area contributed by atoms with E-state index in [-0.39, 0.29) is 72.5 Å². The lowest BCUT2D eigenvalue weighted by Gasteiger charge is -2.43. The maximum Gasteiger partial charge on any atom is 0.418 e. The van der Waals surface area contributed by atoms with Gasteiger partial charge in [0, 0.05) is 37.7 Å². The normalized spacial score (nSPS) is 30.7. The largest absolute Gasteiger partial charge is 0.472 e. The number of hydrogen-bond acceptors (Lipinski definition) is 10. The highest BCUT2D eigenvalue weighted by molar-refractivity contribution is 5.97. The van der Waals surface area contributed by atoms with E-state index in [4.69, 9.17) is 20.2 Å². The number of hydrogen-bond donors (Lipinski definition) is 2. The van der Waals surface area contributed by atoms with Gasteiger partial charge in [0.2, 0.25) is 5.88 Å². The summed E-state index contributed by atoms with van der Waals surface area (Å²) in [4.78, 5) is 21.4. The molecule has 10 nitrogen and oxygen atoms in total. The van der Waals surface area contributed by atoms with E-state index in [9.17, 15) is 22.0 Å². The zero-order chi connectivity index (χ0) is 34.0. The fourth-order valence-corrected chi connectivity index (χ4v) is 8.85. The van der Waals surface area contributed by atoms with Gasteiger partial charge >= 0.3 is 12.2 Å². The molecule has 258 valence electrons. The lowest BCUT2D eigenvalue weighted by atomic mass is 9.89. The number of ether oxygens (including phenoxy) is 2. The molecule has 3 aromatic rings. The highest BCUT2D eigenvalue weighted by Gasteiger charge is 2.77. The standard InChI is InChI=1S/C32H36F6N8O2/c1-4-18-25-16(3)48-27-20-24(22(33)23(42-27)17-10-19(39)41-15(2)21(17)32(36,37)38)43-28(44-26(20)46(25)9-7-40-18)47-14-30-6-5-8-45(30)13-29(11-30)12-31(29,34)35/h10,16,18,25,40H,4-9,11-14H2,1-3H3,(H2,39,41)/t16-,18-,25+,29?,30-/m0/s1. The molecular formula is C32H36F6N8O2. The number of nitrogens with two attached hydrogens (primary N) is 1. The molecule has 0 aromatic carbocycles. The zero-order valence-corrected chi connectivity index (χ0v) is 26.7. The summed E-state index contributed by atoms with van der Waals surface area (Å²) in [7, 11) is 0. The molecular weight excluding hydrogens is 642 g/mol. The van der Waals surface area contributed by atoms with Crippen LogP contribution in [0.2, 0.25) is 0 Å². The van der Waals surface area contributed by atoms with E-state index in [0.717, 1.165) is 25.8 Å². The fourth-order valence-electron chi connectivity index (χ4n) is 8.85. The Labute approximate surface area is 272 Å². The summed E-state index contributed by atoms with van der Waals surface area (Å²) in [6, 6.07) is 0.389. The monoisotopic (exact) mass is 678 g/mol. The second-order valence-corrected chi connectivity index (χ2v) is 14.0. The molecule has 8 rings (SSSR count). The third-order valence-electron chi connectivity index (χ3n) is 11.1. The first kappa shape index (κ1) is 31.6. The van der Waals surface area contributed by atoms with Gasteiger partial charge in [-0.2, -0.15) is 23.1 Å². The first-order valence-corrected chi connectivity index (χ1v) is 16.4. The molecule has 0 radical (unpaired) electrons. The van der Waals surface area contributed by atoms with Crippen LogP contribution in [-0.2, 0) is 6.18 Å². The van der Waals surface area contributed by atoms with Gasteiger partial charge in [0.05, 0.1) is 28.3 Å². The Hall–Kier alpha value is -3.66. The number of rotatable bonds is 5. The minimum Gasteiger partial charge on any atom is -0.472 e. The van der Waals surface area contributed by atoms with Crippen molar-refractivity contribution in [3.8, 4) is 23.1 Å². The van der Waals surface area contributed by atoms with Crippen LogP contribution in [0.15, 0.2) is 6.07 Å². The lowest BCUT2D eigenvalue weighted by molar-refractivity contribution is -0.137. The molecule has 0 bridgehead atoms. The van der Waals surface area contributed by atoms with Crippen LogP contribution < -0.4 is 25.4 Å². The van der Waals surface area contributed by atoms with Crippen LogP contribution in [0.5, 0.6) is 11.9 Å². The third-order valence-corrected chi connectivity index (χ3v) is 11.1. The predicted molar refractivity (Wildman–Crippen MR) is 164 cm³/mol. The van der Waals surface area contributed by atoms with Crippen LogP contribution in [0, 0.1) is 18.2 Å². The van der Waals surface area contributed by atoms with Crippen LogP contribution in [0.1, 0.15) is 57.2 Å². The number of aromatic nitrogens is 4. The van der Waals surface area contributed by atoms with Gasteiger partial charge in [0.1, 0.15) is 40.9 Å². The molecule has 4 fully saturated rings. The summed E-state index contributed by atoms with van der Waals surface area (Å²) in [5.41, 5.74) is 0.976. The van der Waals surface area contributed by atoms with Gasteiger partial charge in [-0.3, -0.25) is 4.90 Å². The number of nitrogen functional groups attached to an aromatic ring is 1. The van der Waals surface area contributed by atoms with E-state index in [1.54, 1.807) is 0 Å². The average Bonchev–Trinajstić information content (AvgIpc) is 3.23. The van der Waals surface area contributed by atoms with Gasteiger partial charge in [-0.25, -0.2) is 23.1 Å². The Kier molecular flexibility index (Phi) is 6.86. The van der Waals surface area contributed by atoms with Crippen molar-refractivity contribution in [1.29, 1.82) is 0 Å². The molecule has 5 aliphatic rings. The number of nitrogens with one attached hydrogen (secondary N) is 1. The van der Waals surface area contributed by atoms with Gasteiger partial charge < -0.3 is 25.4 Å². The van der Waals surface area contributed by atoms with Crippen LogP contribution >= 0.6 is 0 Å². The Morgan fingerprint density at radius 3 is 2.62 bits per heavy atom. The summed E-state index contributed by atoms with van der Waals surface area (Å²) >= 11 is 0. The van der Waals surface area contributed by atoms with Crippen molar-refractivity contribution in [2.75, 3.05) is 43.4 Å². The molecule has 4 aliphatic heterocycles. The van der Waals surface area contributed by atoms with Crippen molar-refractivity contribution < 1.29 is 35.8 Å². The maximum atomic E-state index is 16.8. The van der Waals surface area contributed by atoms with E-state index in [0.29, 0.717) is 26.1 Å². The van der Waals surface area contributed by atoms with Crippen molar-refractivity contribution in [2.24, 2.45) is 5.41 Å². The number of aryl methyl sites for hydroxylation is 1. The van der Waals surface area contributed by atoms with Crippen LogP contribution in [0.4, 0.5) is 38.0 Å². The number of anilines is 2. The molecule has 5 atom stereocenters. The minimum absolute atomic E-state index is 0.00989. The topological polar surface area (TPSA) is 115 Å². The summed E-state index contributed by atoms with van der Waals surface area (Å²) < 4.78 is 101. The van der Waals surface area contributed by atoms with Crippen LogP contribution in [0.3, 0.4) is 0 Å². The van der Waals surface area contributed by atoms with Gasteiger partial charge in [-0.1, -0.05) is 6.92 Å². The van der Waals surface area contributed by atoms with E-state index in [1.165, 1.54) is 0 Å². The Morgan fingerprint density at radius 2 is 1.92 bits per heavy atom. The van der Waals surface area contributed by atoms with Crippen molar-refractivity contribution >= 4 is 22.5 Å². The number of pyridine rings is 2. The first-order chi connectivity index (χ1) is 22.7. The Morgan fingerprint density at radius 1 is 1.15 bits per heavy atom. The number of fused-ring (bicyclic) bond motifs is 3. The summed E-state index contributed by atoms with van der Waals surface area (Å²) in [5.74, 6) is -3.92. The SMILES string of the molecule is CC[C@@H]1NCCN2c3nc(OC[C@@]45CCCN4CC4(CC4(F)F)C5)nc4c(F)c(-c5cc(N)nc(C)c5C(F)(F)F)nc(c34)O[C@@H](C)[C@H]12. The summed E-state index contributed by atoms with van der Waals surface area (Å²) in [6.45, 7) is 7.02. The highest BCUT2D eigenvalue weighted by atomic mass is 19.4. The molecule has 3 saturated heterocycles. The van der Waals surface area contributed by atoms with Crippen molar-refractivity contribution in [3.63, 3.8) is 0 Å². The second-order valence-electron chi connectivity index (χ2n) is 14.0. The van der Waals surface area contributed by atoms with Crippen molar-refractivity contribution in [1.82, 2.24) is 30.2 Å². The number of nitrogens with zero attached hydrogens (tertiary/aromatic N) is 6. The smallest absolute Gasteiger partial charge is 0.418 e. The van der Waals surface area contributed by atoms with E-state index >= 15 is 4.39 Å². The molecule has 1 unspecified atom stereocenters. The van der Waals surface area contributed by atoms with Gasteiger partial charge in [-0.05, 0) is 52.1 Å². The molecule has 7 heterocycles. The highest BCUT2D eigenvalue weighted by Crippen LogP contribution is 2.69. The van der Waals surface area contributed by atoms with Crippen molar-refractivity contribution in [3.05, 3.63) is 23.1 Å². The number of piperazine rings is 1. The molecule has 3 aromatic heterocycles. The van der Waals surface area contributed by atoms with Gasteiger partial charge in [0.25, 0.3) is 5.92 Å². The first-order valence-electron chi connectivity index (χ1n) is 16.4. The second kappa shape index (κ2) is 10.4. The Balaban J connectivity index is 1.29. The third kappa shape index (κ3) is 4.61. The minimum atomic E-state index is -4.90. The maximum absolute atomic E-state index is 16.8. The quantitative estimate of drug-likeness (QED) is 0.353. The summed E-state index contributed by atoms with van der Waals surface area (Å²) in [5, 5.41) is 3.60. The van der Waals surface area contributed by atoms with Crippen LogP contribution in [0.25, 0.3) is 22.2 Å². The molecule has 1 aliphatic carbocycles. The molecule has 48 heavy (non-hydrogen) atoms. The van der Waals surface area contributed by atoms with Crippen LogP contribution in [-0.4, -0.2) is 87.3 Å². The molecule has 16 heteroatoms. The lowest BCUT2D eigenvalue weighted by Crippen LogP contribution is -2.62. The molecule has 3 N–H and O–H groups in total. The number of halogens is 6. The molecule has 1 spiro atoms. The van der Waals surface area contributed by atoms with E-state index < -0.39 is 57.5 Å². The Bertz CT molecular complexity index is 1830. The van der Waals surface area contributed by atoms with Gasteiger partial charge in [-0.15, -0.1) is 0 Å². The molecule has 0 amide bonds. The molecule has 1 saturated carbocycles. The fraction of sp³-hybridized carbons (Fsp3) is 0.625. The van der Waals surface area contributed by atoms with E-state index in [1.807, 2.05) is 18.7 Å². The summed E-state index contributed by atoms with van der Waals surface area (Å²) in [6.07, 6.45) is -3.11. The predicted octanol–water partition coefficient (Wildman–Crippen LogP) is 5.12. The van der Waals surface area contributed by atoms with Crippen molar-refractivity contribution in [2.45, 2.75) is 88.7 Å². The van der Waals surface area contributed by atoms with Gasteiger partial charge in [0.15, 0.2) is 5.82 Å². The number of alkyl halides is 5.